The summed E-state index contributed by atoms with van der Waals surface area (Å²) in [7, 11) is 0. The molecule has 1 aromatic heterocycles. The van der Waals surface area contributed by atoms with Gasteiger partial charge in [0, 0.05) is 9.35 Å². The molecular weight excluding hydrogens is 332 g/mol. The van der Waals surface area contributed by atoms with Gasteiger partial charge in [0.05, 0.1) is 0 Å². The summed E-state index contributed by atoms with van der Waals surface area (Å²) >= 11 is 10.7. The van der Waals surface area contributed by atoms with Crippen LogP contribution in [0.2, 0.25) is 4.34 Å². The van der Waals surface area contributed by atoms with Gasteiger partial charge in [0.15, 0.2) is 0 Å². The minimum absolute atomic E-state index is 0.602. The molecule has 0 aliphatic carbocycles. The Morgan fingerprint density at radius 3 is 2.50 bits per heavy atom. The lowest BCUT2D eigenvalue weighted by atomic mass is 10.0. The molecule has 2 aromatic rings. The van der Waals surface area contributed by atoms with Crippen molar-refractivity contribution in [1.82, 2.24) is 0 Å². The molecule has 1 N–H and O–H groups in total. The van der Waals surface area contributed by atoms with Gasteiger partial charge in [-0.1, -0.05) is 49.2 Å². The predicted octanol–water partition coefficient (Wildman–Crippen LogP) is 5.20. The van der Waals surface area contributed by atoms with Gasteiger partial charge in [-0.2, -0.15) is 0 Å². The molecule has 0 fully saturated rings. The molecule has 0 radical (unpaired) electrons. The van der Waals surface area contributed by atoms with Crippen LogP contribution in [0.1, 0.15) is 35.5 Å². The summed E-state index contributed by atoms with van der Waals surface area (Å²) in [5.74, 6) is 0. The Kier molecular flexibility index (Phi) is 4.84. The highest BCUT2D eigenvalue weighted by Gasteiger charge is 2.15. The smallest absolute Gasteiger partial charge is 0.113 e. The van der Waals surface area contributed by atoms with Crippen LogP contribution in [0.15, 0.2) is 34.8 Å². The summed E-state index contributed by atoms with van der Waals surface area (Å²) in [5.41, 5.74) is 2.21. The van der Waals surface area contributed by atoms with Gasteiger partial charge < -0.3 is 5.11 Å². The van der Waals surface area contributed by atoms with E-state index in [0.717, 1.165) is 27.8 Å². The molecule has 0 bridgehead atoms. The second-order valence-electron chi connectivity index (χ2n) is 4.16. The molecule has 0 saturated heterocycles. The molecule has 0 amide bonds. The highest BCUT2D eigenvalue weighted by Crippen LogP contribution is 2.37. The highest BCUT2D eigenvalue weighted by atomic mass is 79.9. The van der Waals surface area contributed by atoms with Gasteiger partial charge in [-0.3, -0.25) is 0 Å². The number of rotatable bonds is 4. The number of halogens is 2. The van der Waals surface area contributed by atoms with Gasteiger partial charge in [-0.05, 0) is 39.5 Å². The van der Waals surface area contributed by atoms with E-state index in [0.29, 0.717) is 4.34 Å². The standard InChI is InChI=1S/C14H14BrClOS/c1-2-3-9-4-6-10(7-5-9)13(17)12-8-11(15)14(16)18-12/h4-8,13,17H,2-3H2,1H3. The van der Waals surface area contributed by atoms with Gasteiger partial charge in [-0.15, -0.1) is 11.3 Å². The van der Waals surface area contributed by atoms with E-state index < -0.39 is 6.10 Å². The van der Waals surface area contributed by atoms with Gasteiger partial charge >= 0.3 is 0 Å². The fraction of sp³-hybridized carbons (Fsp3) is 0.286. The van der Waals surface area contributed by atoms with Crippen molar-refractivity contribution >= 4 is 38.9 Å². The van der Waals surface area contributed by atoms with Crippen LogP contribution in [-0.2, 0) is 6.42 Å². The number of aliphatic hydroxyl groups excluding tert-OH is 1. The van der Waals surface area contributed by atoms with E-state index in [2.05, 4.69) is 35.0 Å². The lowest BCUT2D eigenvalue weighted by molar-refractivity contribution is 0.224. The molecule has 1 aromatic carbocycles. The van der Waals surface area contributed by atoms with E-state index in [9.17, 15) is 5.11 Å². The molecule has 0 saturated carbocycles. The summed E-state index contributed by atoms with van der Waals surface area (Å²) in [6.07, 6.45) is 1.61. The molecule has 1 atom stereocenters. The number of aliphatic hydroxyl groups is 1. The molecule has 0 spiro atoms. The zero-order chi connectivity index (χ0) is 13.1. The predicted molar refractivity (Wildman–Crippen MR) is 81.5 cm³/mol. The quantitative estimate of drug-likeness (QED) is 0.807. The van der Waals surface area contributed by atoms with Crippen LogP contribution >= 0.6 is 38.9 Å². The molecule has 1 heterocycles. The molecule has 0 aliphatic heterocycles. The first kappa shape index (κ1) is 14.1. The Morgan fingerprint density at radius 1 is 1.33 bits per heavy atom. The molecule has 1 nitrogen and oxygen atoms in total. The lowest BCUT2D eigenvalue weighted by Gasteiger charge is -2.09. The largest absolute Gasteiger partial charge is 0.383 e. The fourth-order valence-corrected chi connectivity index (χ4v) is 3.57. The summed E-state index contributed by atoms with van der Waals surface area (Å²) in [5, 5.41) is 10.3. The average Bonchev–Trinajstić information content (AvgIpc) is 2.70. The SMILES string of the molecule is CCCc1ccc(C(O)c2cc(Br)c(Cl)s2)cc1. The molecule has 4 heteroatoms. The van der Waals surface area contributed by atoms with Crippen molar-refractivity contribution in [1.29, 1.82) is 0 Å². The summed E-state index contributed by atoms with van der Waals surface area (Å²) < 4.78 is 1.51. The minimum Gasteiger partial charge on any atom is -0.383 e. The zero-order valence-electron chi connectivity index (χ0n) is 9.99. The second kappa shape index (κ2) is 6.20. The number of hydrogen-bond acceptors (Lipinski definition) is 2. The van der Waals surface area contributed by atoms with Crippen LogP contribution in [0, 0.1) is 0 Å². The van der Waals surface area contributed by atoms with Crippen molar-refractivity contribution < 1.29 is 5.11 Å². The van der Waals surface area contributed by atoms with Crippen LogP contribution in [0.5, 0.6) is 0 Å². The molecule has 1 unspecified atom stereocenters. The topological polar surface area (TPSA) is 20.2 Å². The van der Waals surface area contributed by atoms with Crippen molar-refractivity contribution in [2.75, 3.05) is 0 Å². The number of benzene rings is 1. The number of aryl methyl sites for hydroxylation is 1. The normalized spacial score (nSPS) is 12.7. The second-order valence-corrected chi connectivity index (χ2v) is 6.70. The average molecular weight is 346 g/mol. The Hall–Kier alpha value is -0.350. The molecule has 96 valence electrons. The molecule has 18 heavy (non-hydrogen) atoms. The Balaban J connectivity index is 2.20. The Morgan fingerprint density at radius 2 is 2.00 bits per heavy atom. The fourth-order valence-electron chi connectivity index (χ4n) is 1.82. The van der Waals surface area contributed by atoms with E-state index in [-0.39, 0.29) is 0 Å². The first-order valence-electron chi connectivity index (χ1n) is 5.83. The van der Waals surface area contributed by atoms with Crippen LogP contribution in [-0.4, -0.2) is 5.11 Å². The third-order valence-electron chi connectivity index (χ3n) is 2.77. The van der Waals surface area contributed by atoms with E-state index in [1.165, 1.54) is 16.9 Å². The van der Waals surface area contributed by atoms with Crippen LogP contribution in [0.4, 0.5) is 0 Å². The third kappa shape index (κ3) is 3.15. The van der Waals surface area contributed by atoms with E-state index in [4.69, 9.17) is 11.6 Å². The van der Waals surface area contributed by atoms with Gasteiger partial charge in [-0.25, -0.2) is 0 Å². The molecule has 2 rings (SSSR count). The molecular formula is C14H14BrClOS. The summed E-state index contributed by atoms with van der Waals surface area (Å²) in [6.45, 7) is 2.16. The maximum Gasteiger partial charge on any atom is 0.113 e. The van der Waals surface area contributed by atoms with E-state index in [1.54, 1.807) is 0 Å². The third-order valence-corrected chi connectivity index (χ3v) is 5.29. The van der Waals surface area contributed by atoms with Crippen molar-refractivity contribution in [3.8, 4) is 0 Å². The van der Waals surface area contributed by atoms with Crippen molar-refractivity contribution in [3.05, 3.63) is 55.1 Å². The Bertz CT molecular complexity index is 502. The van der Waals surface area contributed by atoms with Crippen LogP contribution < -0.4 is 0 Å². The van der Waals surface area contributed by atoms with Crippen molar-refractivity contribution in [3.63, 3.8) is 0 Å². The van der Waals surface area contributed by atoms with Crippen LogP contribution in [0.25, 0.3) is 0 Å². The van der Waals surface area contributed by atoms with Crippen LogP contribution in [0.3, 0.4) is 0 Å². The lowest BCUT2D eigenvalue weighted by Crippen LogP contribution is -1.97. The van der Waals surface area contributed by atoms with Crippen molar-refractivity contribution in [2.24, 2.45) is 0 Å². The monoisotopic (exact) mass is 344 g/mol. The maximum absolute atomic E-state index is 10.3. The summed E-state index contributed by atoms with van der Waals surface area (Å²) in [4.78, 5) is 0.857. The van der Waals surface area contributed by atoms with Gasteiger partial charge in [0.1, 0.15) is 10.4 Å². The van der Waals surface area contributed by atoms with Crippen molar-refractivity contribution in [2.45, 2.75) is 25.9 Å². The van der Waals surface area contributed by atoms with Gasteiger partial charge in [0.2, 0.25) is 0 Å². The van der Waals surface area contributed by atoms with E-state index in [1.807, 2.05) is 18.2 Å². The number of hydrogen-bond donors (Lipinski definition) is 1. The Labute approximate surface area is 125 Å². The van der Waals surface area contributed by atoms with E-state index >= 15 is 0 Å². The van der Waals surface area contributed by atoms with Gasteiger partial charge in [0.25, 0.3) is 0 Å². The summed E-state index contributed by atoms with van der Waals surface area (Å²) in [6, 6.07) is 9.99. The first-order chi connectivity index (χ1) is 8.61. The first-order valence-corrected chi connectivity index (χ1v) is 7.82. The minimum atomic E-state index is -0.602. The maximum atomic E-state index is 10.3. The molecule has 0 aliphatic rings. The zero-order valence-corrected chi connectivity index (χ0v) is 13.1. The highest BCUT2D eigenvalue weighted by molar-refractivity contribution is 9.10. The number of thiophene rings is 1.